The van der Waals surface area contributed by atoms with Gasteiger partial charge in [0, 0.05) is 6.20 Å². The van der Waals surface area contributed by atoms with Crippen LogP contribution < -0.4 is 10.1 Å². The third-order valence-corrected chi connectivity index (χ3v) is 6.45. The van der Waals surface area contributed by atoms with Gasteiger partial charge in [0.15, 0.2) is 0 Å². The number of ether oxygens (including phenoxy) is 1. The molecular formula is C23H28N2O3. The summed E-state index contributed by atoms with van der Waals surface area (Å²) in [6.45, 7) is 0. The first kappa shape index (κ1) is 18.9. The molecule has 0 radical (unpaired) electrons. The minimum Gasteiger partial charge on any atom is -0.495 e. The molecule has 2 N–H and O–H groups in total. The number of hydrogen-bond donors (Lipinski definition) is 2. The van der Waals surface area contributed by atoms with E-state index in [0.717, 1.165) is 36.8 Å². The number of hydrogen-bond acceptors (Lipinski definition) is 4. The number of nitrogens with zero attached hydrogens (tertiary/aromatic N) is 1. The molecule has 5 heteroatoms. The number of methoxy groups -OCH3 is 1. The summed E-state index contributed by atoms with van der Waals surface area (Å²) in [5.74, 6) is 0.975. The minimum absolute atomic E-state index is 0.0883. The smallest absolute Gasteiger partial charge is 0.231 e. The molecule has 148 valence electrons. The van der Waals surface area contributed by atoms with Crippen LogP contribution in [0.4, 0.5) is 0 Å². The fourth-order valence-corrected chi connectivity index (χ4v) is 4.75. The minimum atomic E-state index is -0.464. The van der Waals surface area contributed by atoms with E-state index in [0.29, 0.717) is 18.6 Å². The molecule has 1 heterocycles. The number of benzene rings is 1. The topological polar surface area (TPSA) is 71.5 Å². The predicted molar refractivity (Wildman–Crippen MR) is 107 cm³/mol. The van der Waals surface area contributed by atoms with Crippen molar-refractivity contribution in [2.24, 2.45) is 5.92 Å². The number of carbonyl (C=O) groups is 1. The molecule has 5 nitrogen and oxygen atoms in total. The Bertz CT molecular complexity index is 812. The average Bonchev–Trinajstić information content (AvgIpc) is 3.22. The molecule has 28 heavy (non-hydrogen) atoms. The van der Waals surface area contributed by atoms with Gasteiger partial charge >= 0.3 is 0 Å². The van der Waals surface area contributed by atoms with Gasteiger partial charge in [-0.05, 0) is 48.8 Å². The molecule has 1 aromatic carbocycles. The van der Waals surface area contributed by atoms with Gasteiger partial charge in [-0.2, -0.15) is 0 Å². The van der Waals surface area contributed by atoms with E-state index in [-0.39, 0.29) is 24.0 Å². The number of carbonyl (C=O) groups excluding carboxylic acids is 1. The molecule has 2 aromatic rings. The van der Waals surface area contributed by atoms with Gasteiger partial charge in [-0.3, -0.25) is 9.78 Å². The summed E-state index contributed by atoms with van der Waals surface area (Å²) >= 11 is 0. The van der Waals surface area contributed by atoms with Crippen LogP contribution in [-0.2, 0) is 10.2 Å². The van der Waals surface area contributed by atoms with Crippen molar-refractivity contribution >= 4 is 5.91 Å². The summed E-state index contributed by atoms with van der Waals surface area (Å²) in [6, 6.07) is 11.9. The van der Waals surface area contributed by atoms with Gasteiger partial charge in [-0.25, -0.2) is 0 Å². The maximum absolute atomic E-state index is 13.6. The summed E-state index contributed by atoms with van der Waals surface area (Å²) in [6.07, 6.45) is 8.45. The lowest BCUT2D eigenvalue weighted by molar-refractivity contribution is -0.128. The van der Waals surface area contributed by atoms with Crippen molar-refractivity contribution in [2.45, 2.75) is 56.1 Å². The molecule has 1 atom stereocenters. The molecule has 2 fully saturated rings. The first-order valence-electron chi connectivity index (χ1n) is 10.2. The van der Waals surface area contributed by atoms with Crippen molar-refractivity contribution in [3.63, 3.8) is 0 Å². The van der Waals surface area contributed by atoms with Crippen LogP contribution in [-0.4, -0.2) is 29.2 Å². The van der Waals surface area contributed by atoms with Crippen molar-refractivity contribution in [1.29, 1.82) is 0 Å². The fraction of sp³-hybridized carbons (Fsp3) is 0.478. The number of aliphatic hydroxyl groups is 1. The molecule has 0 unspecified atom stereocenters. The zero-order chi connectivity index (χ0) is 19.6. The van der Waals surface area contributed by atoms with Gasteiger partial charge in [0.2, 0.25) is 5.91 Å². The second-order valence-corrected chi connectivity index (χ2v) is 8.15. The molecule has 1 aromatic heterocycles. The van der Waals surface area contributed by atoms with Crippen LogP contribution in [0.15, 0.2) is 48.8 Å². The van der Waals surface area contributed by atoms with E-state index in [1.165, 1.54) is 0 Å². The Morgan fingerprint density at radius 2 is 1.93 bits per heavy atom. The monoisotopic (exact) mass is 380 g/mol. The zero-order valence-corrected chi connectivity index (χ0v) is 16.3. The van der Waals surface area contributed by atoms with Crippen LogP contribution in [0.5, 0.6) is 5.75 Å². The lowest BCUT2D eigenvalue weighted by Gasteiger charge is -2.40. The van der Waals surface area contributed by atoms with Crippen LogP contribution in [0, 0.1) is 5.92 Å². The first-order chi connectivity index (χ1) is 13.6. The van der Waals surface area contributed by atoms with Crippen LogP contribution in [0.3, 0.4) is 0 Å². The van der Waals surface area contributed by atoms with Crippen molar-refractivity contribution < 1.29 is 14.6 Å². The SMILES string of the molecule is COc1cncc([C@H](NC(=O)C2(c3ccccc3)CCCC2)C2CC(O)C2)c1. The summed E-state index contributed by atoms with van der Waals surface area (Å²) in [4.78, 5) is 17.9. The molecule has 2 aliphatic carbocycles. The standard InChI is InChI=1S/C23H28N2O3/c1-28-20-13-17(14-24-15-20)21(16-11-19(26)12-16)25-22(27)23(9-5-6-10-23)18-7-3-2-4-8-18/h2-4,7-8,13-16,19,21,26H,5-6,9-12H2,1H3,(H,25,27)/t16?,19?,21-/m1/s1. The van der Waals surface area contributed by atoms with E-state index in [1.807, 2.05) is 24.3 Å². The van der Waals surface area contributed by atoms with E-state index in [9.17, 15) is 9.90 Å². The summed E-state index contributed by atoms with van der Waals surface area (Å²) < 4.78 is 5.33. The van der Waals surface area contributed by atoms with Crippen molar-refractivity contribution in [2.75, 3.05) is 7.11 Å². The molecule has 4 rings (SSSR count). The van der Waals surface area contributed by atoms with Crippen molar-refractivity contribution in [3.05, 3.63) is 59.9 Å². The lowest BCUT2D eigenvalue weighted by atomic mass is 9.73. The number of rotatable bonds is 6. The highest BCUT2D eigenvalue weighted by atomic mass is 16.5. The first-order valence-corrected chi connectivity index (χ1v) is 10.2. The molecule has 1 amide bonds. The Balaban J connectivity index is 1.63. The largest absolute Gasteiger partial charge is 0.495 e. The van der Waals surface area contributed by atoms with E-state index >= 15 is 0 Å². The Hall–Kier alpha value is -2.40. The van der Waals surface area contributed by atoms with Crippen LogP contribution in [0.1, 0.15) is 55.7 Å². The highest BCUT2D eigenvalue weighted by molar-refractivity contribution is 5.89. The van der Waals surface area contributed by atoms with Crippen LogP contribution in [0.25, 0.3) is 0 Å². The van der Waals surface area contributed by atoms with Gasteiger partial charge in [-0.1, -0.05) is 43.2 Å². The Morgan fingerprint density at radius 3 is 2.57 bits per heavy atom. The molecular weight excluding hydrogens is 352 g/mol. The number of aromatic nitrogens is 1. The second-order valence-electron chi connectivity index (χ2n) is 8.15. The number of amides is 1. The third-order valence-electron chi connectivity index (χ3n) is 6.45. The second kappa shape index (κ2) is 7.92. The molecule has 2 aliphatic rings. The van der Waals surface area contributed by atoms with Crippen molar-refractivity contribution in [3.8, 4) is 5.75 Å². The Morgan fingerprint density at radius 1 is 1.21 bits per heavy atom. The van der Waals surface area contributed by atoms with Crippen molar-refractivity contribution in [1.82, 2.24) is 10.3 Å². The molecule has 0 bridgehead atoms. The quantitative estimate of drug-likeness (QED) is 0.804. The van der Waals surface area contributed by atoms with Crippen LogP contribution in [0.2, 0.25) is 0 Å². The van der Waals surface area contributed by atoms with Crippen LogP contribution >= 0.6 is 0 Å². The summed E-state index contributed by atoms with van der Waals surface area (Å²) in [5, 5.41) is 13.2. The average molecular weight is 380 g/mol. The van der Waals surface area contributed by atoms with Gasteiger partial charge in [0.25, 0.3) is 0 Å². The normalized spacial score (nSPS) is 24.2. The number of pyridine rings is 1. The molecule has 0 aliphatic heterocycles. The number of aliphatic hydroxyl groups excluding tert-OH is 1. The predicted octanol–water partition coefficient (Wildman–Crippen LogP) is 3.53. The highest BCUT2D eigenvalue weighted by Crippen LogP contribution is 2.44. The fourth-order valence-electron chi connectivity index (χ4n) is 4.75. The molecule has 2 saturated carbocycles. The maximum Gasteiger partial charge on any atom is 0.231 e. The summed E-state index contributed by atoms with van der Waals surface area (Å²) in [5.41, 5.74) is 1.57. The third kappa shape index (κ3) is 3.51. The van der Waals surface area contributed by atoms with Gasteiger partial charge in [-0.15, -0.1) is 0 Å². The van der Waals surface area contributed by atoms with Gasteiger partial charge in [0.05, 0.1) is 30.9 Å². The van der Waals surface area contributed by atoms with E-state index in [4.69, 9.17) is 4.74 Å². The Labute approximate surface area is 166 Å². The summed E-state index contributed by atoms with van der Waals surface area (Å²) in [7, 11) is 1.62. The van der Waals surface area contributed by atoms with E-state index in [2.05, 4.69) is 22.4 Å². The zero-order valence-electron chi connectivity index (χ0n) is 16.3. The maximum atomic E-state index is 13.6. The number of nitrogens with one attached hydrogen (secondary N) is 1. The van der Waals surface area contributed by atoms with Gasteiger partial charge < -0.3 is 15.2 Å². The lowest BCUT2D eigenvalue weighted by Crippen LogP contribution is -2.48. The molecule has 0 spiro atoms. The molecule has 0 saturated heterocycles. The van der Waals surface area contributed by atoms with E-state index < -0.39 is 5.41 Å². The van der Waals surface area contributed by atoms with E-state index in [1.54, 1.807) is 19.5 Å². The Kier molecular flexibility index (Phi) is 5.36. The highest BCUT2D eigenvalue weighted by Gasteiger charge is 2.45. The van der Waals surface area contributed by atoms with Gasteiger partial charge in [0.1, 0.15) is 5.75 Å².